The first-order valence-corrected chi connectivity index (χ1v) is 9.55. The Balaban J connectivity index is 1.31. The molecule has 2 aromatic rings. The van der Waals surface area contributed by atoms with Gasteiger partial charge in [0.05, 0.1) is 0 Å². The van der Waals surface area contributed by atoms with E-state index < -0.39 is 0 Å². The van der Waals surface area contributed by atoms with E-state index in [1.165, 1.54) is 5.56 Å². The monoisotopic (exact) mass is 353 g/mol. The number of rotatable bonds is 4. The van der Waals surface area contributed by atoms with Gasteiger partial charge in [-0.25, -0.2) is 4.79 Å². The number of aryl methyl sites for hydroxylation is 1. The number of carbonyl (C=O) groups is 1. The molecule has 1 aromatic carbocycles. The van der Waals surface area contributed by atoms with Gasteiger partial charge in [-0.3, -0.25) is 0 Å². The van der Waals surface area contributed by atoms with Crippen LogP contribution in [-0.2, 0) is 17.9 Å². The van der Waals surface area contributed by atoms with Gasteiger partial charge in [-0.1, -0.05) is 30.3 Å². The molecule has 5 heteroatoms. The second kappa shape index (κ2) is 7.16. The fraction of sp³-hybridized carbons (Fsp3) is 0.476. The van der Waals surface area contributed by atoms with Gasteiger partial charge < -0.3 is 19.5 Å². The highest BCUT2D eigenvalue weighted by molar-refractivity contribution is 5.67. The van der Waals surface area contributed by atoms with Crippen LogP contribution in [0.3, 0.4) is 0 Å². The first kappa shape index (κ1) is 17.2. The van der Waals surface area contributed by atoms with Crippen LogP contribution in [0.4, 0.5) is 4.79 Å². The number of amides is 1. The van der Waals surface area contributed by atoms with E-state index in [0.717, 1.165) is 44.6 Å². The summed E-state index contributed by atoms with van der Waals surface area (Å²) in [5.41, 5.74) is 2.69. The Morgan fingerprint density at radius 1 is 1.23 bits per heavy atom. The van der Waals surface area contributed by atoms with Gasteiger partial charge in [-0.15, -0.1) is 0 Å². The van der Waals surface area contributed by atoms with Gasteiger partial charge in [0.25, 0.3) is 0 Å². The number of nitrogens with one attached hydrogen (secondary N) is 1. The maximum absolute atomic E-state index is 12.4. The van der Waals surface area contributed by atoms with Crippen molar-refractivity contribution in [1.29, 1.82) is 0 Å². The van der Waals surface area contributed by atoms with Crippen LogP contribution < -0.4 is 5.32 Å². The highest BCUT2D eigenvalue weighted by atomic mass is 16.6. The highest BCUT2D eigenvalue weighted by Crippen LogP contribution is 2.48. The zero-order chi connectivity index (χ0) is 18.0. The molecular formula is C21H27N3O2. The van der Waals surface area contributed by atoms with Crippen molar-refractivity contribution in [2.45, 2.75) is 39.0 Å². The molecule has 2 aliphatic rings. The lowest BCUT2D eigenvalue weighted by Gasteiger charge is -2.54. The molecule has 4 rings (SSSR count). The number of hydrogen-bond donors (Lipinski definition) is 1. The number of nitrogens with zero attached hydrogens (tertiary/aromatic N) is 2. The van der Waals surface area contributed by atoms with Crippen molar-refractivity contribution >= 4 is 6.09 Å². The van der Waals surface area contributed by atoms with Crippen molar-refractivity contribution < 1.29 is 9.53 Å². The summed E-state index contributed by atoms with van der Waals surface area (Å²) in [6.45, 7) is 6.10. The maximum Gasteiger partial charge on any atom is 0.410 e. The molecule has 0 saturated carbocycles. The lowest BCUT2D eigenvalue weighted by molar-refractivity contribution is 0.0000782. The van der Waals surface area contributed by atoms with Crippen molar-refractivity contribution in [2.24, 2.45) is 5.41 Å². The Morgan fingerprint density at radius 2 is 2.00 bits per heavy atom. The fourth-order valence-electron chi connectivity index (χ4n) is 4.20. The predicted molar refractivity (Wildman–Crippen MR) is 101 cm³/mol. The Morgan fingerprint density at radius 3 is 2.62 bits per heavy atom. The lowest BCUT2D eigenvalue weighted by atomic mass is 9.65. The van der Waals surface area contributed by atoms with Gasteiger partial charge in [-0.2, -0.15) is 0 Å². The van der Waals surface area contributed by atoms with E-state index in [0.29, 0.717) is 12.6 Å². The summed E-state index contributed by atoms with van der Waals surface area (Å²) in [4.78, 5) is 14.2. The molecule has 2 saturated heterocycles. The molecule has 2 aliphatic heterocycles. The van der Waals surface area contributed by atoms with Gasteiger partial charge in [0.2, 0.25) is 0 Å². The molecule has 1 atom stereocenters. The number of carbonyl (C=O) groups excluding carboxylic acids is 1. The van der Waals surface area contributed by atoms with E-state index >= 15 is 0 Å². The van der Waals surface area contributed by atoms with Crippen LogP contribution in [0.15, 0.2) is 48.8 Å². The molecule has 0 bridgehead atoms. The summed E-state index contributed by atoms with van der Waals surface area (Å²) in [7, 11) is 0. The van der Waals surface area contributed by atoms with Crippen molar-refractivity contribution in [3.63, 3.8) is 0 Å². The molecule has 0 unspecified atom stereocenters. The van der Waals surface area contributed by atoms with E-state index in [9.17, 15) is 4.79 Å². The number of aromatic nitrogens is 1. The minimum atomic E-state index is -0.190. The van der Waals surface area contributed by atoms with Crippen molar-refractivity contribution in [3.8, 4) is 0 Å². The van der Waals surface area contributed by atoms with E-state index in [4.69, 9.17) is 4.74 Å². The zero-order valence-corrected chi connectivity index (χ0v) is 15.4. The maximum atomic E-state index is 12.4. The summed E-state index contributed by atoms with van der Waals surface area (Å²) >= 11 is 0. The second-order valence-corrected chi connectivity index (χ2v) is 7.48. The number of piperidine rings is 1. The summed E-state index contributed by atoms with van der Waals surface area (Å²) in [6.07, 6.45) is 6.27. The normalized spacial score (nSPS) is 21.4. The standard InChI is InChI=1S/C21H27N3O2/c1-2-23-11-8-18(14-23)19-21(16-22-19)9-12-24(13-10-21)20(25)26-15-17-6-4-3-5-7-17/h3-8,11,14,19,22H,2,9-10,12-13,15-16H2,1H3/t19-/m1/s1. The topological polar surface area (TPSA) is 46.5 Å². The molecule has 0 aliphatic carbocycles. The molecule has 138 valence electrons. The lowest BCUT2D eigenvalue weighted by Crippen LogP contribution is -2.60. The van der Waals surface area contributed by atoms with Crippen LogP contribution in [0.1, 0.15) is 36.9 Å². The predicted octanol–water partition coefficient (Wildman–Crippen LogP) is 3.57. The largest absolute Gasteiger partial charge is 0.445 e. The van der Waals surface area contributed by atoms with Crippen LogP contribution >= 0.6 is 0 Å². The minimum absolute atomic E-state index is 0.190. The Labute approximate surface area is 154 Å². The molecule has 3 heterocycles. The third kappa shape index (κ3) is 3.23. The van der Waals surface area contributed by atoms with E-state index in [1.807, 2.05) is 35.2 Å². The molecular weight excluding hydrogens is 326 g/mol. The van der Waals surface area contributed by atoms with Gasteiger partial charge in [0, 0.05) is 50.0 Å². The SMILES string of the molecule is CCn1ccc([C@H]2NCC23CCN(C(=O)OCc2ccccc2)CC3)c1. The van der Waals surface area contributed by atoms with Gasteiger partial charge in [-0.05, 0) is 37.0 Å². The Bertz CT molecular complexity index is 748. The van der Waals surface area contributed by atoms with Crippen molar-refractivity contribution in [1.82, 2.24) is 14.8 Å². The smallest absolute Gasteiger partial charge is 0.410 e. The van der Waals surface area contributed by atoms with Gasteiger partial charge in [0.1, 0.15) is 6.61 Å². The molecule has 0 radical (unpaired) electrons. The summed E-state index contributed by atoms with van der Waals surface area (Å²) in [6, 6.07) is 12.5. The van der Waals surface area contributed by atoms with E-state index in [-0.39, 0.29) is 11.5 Å². The summed E-state index contributed by atoms with van der Waals surface area (Å²) in [5, 5.41) is 3.60. The molecule has 1 aromatic heterocycles. The fourth-order valence-corrected chi connectivity index (χ4v) is 4.20. The van der Waals surface area contributed by atoms with E-state index in [2.05, 4.69) is 35.3 Å². The molecule has 1 N–H and O–H groups in total. The zero-order valence-electron chi connectivity index (χ0n) is 15.4. The third-order valence-electron chi connectivity index (χ3n) is 5.97. The van der Waals surface area contributed by atoms with Crippen LogP contribution in [0.2, 0.25) is 0 Å². The minimum Gasteiger partial charge on any atom is -0.445 e. The highest BCUT2D eigenvalue weighted by Gasteiger charge is 2.49. The summed E-state index contributed by atoms with van der Waals surface area (Å²) < 4.78 is 7.71. The average molecular weight is 353 g/mol. The average Bonchev–Trinajstić information content (AvgIpc) is 3.14. The quantitative estimate of drug-likeness (QED) is 0.914. The number of hydrogen-bond acceptors (Lipinski definition) is 3. The summed E-state index contributed by atoms with van der Waals surface area (Å²) in [5.74, 6) is 0. The van der Waals surface area contributed by atoms with Gasteiger partial charge in [0.15, 0.2) is 0 Å². The van der Waals surface area contributed by atoms with Gasteiger partial charge >= 0.3 is 6.09 Å². The van der Waals surface area contributed by atoms with Crippen LogP contribution in [-0.4, -0.2) is 35.2 Å². The Hall–Kier alpha value is -2.27. The van der Waals surface area contributed by atoms with Crippen LogP contribution in [0.5, 0.6) is 0 Å². The Kier molecular flexibility index (Phi) is 4.72. The van der Waals surface area contributed by atoms with Crippen LogP contribution in [0, 0.1) is 5.41 Å². The first-order valence-electron chi connectivity index (χ1n) is 9.55. The molecule has 1 amide bonds. The molecule has 26 heavy (non-hydrogen) atoms. The molecule has 5 nitrogen and oxygen atoms in total. The third-order valence-corrected chi connectivity index (χ3v) is 5.97. The number of benzene rings is 1. The first-order chi connectivity index (χ1) is 12.7. The van der Waals surface area contributed by atoms with Crippen molar-refractivity contribution in [2.75, 3.05) is 19.6 Å². The molecule has 1 spiro atoms. The number of likely N-dealkylation sites (tertiary alicyclic amines) is 1. The van der Waals surface area contributed by atoms with E-state index in [1.54, 1.807) is 0 Å². The number of ether oxygens (including phenoxy) is 1. The van der Waals surface area contributed by atoms with Crippen LogP contribution in [0.25, 0.3) is 0 Å². The van der Waals surface area contributed by atoms with Crippen molar-refractivity contribution in [3.05, 3.63) is 59.9 Å². The second-order valence-electron chi connectivity index (χ2n) is 7.48. The molecule has 2 fully saturated rings.